The molecule has 0 aliphatic heterocycles. The number of aryl methyl sites for hydroxylation is 1. The number of amides is 1. The second-order valence-corrected chi connectivity index (χ2v) is 9.78. The Morgan fingerprint density at radius 1 is 1.03 bits per heavy atom. The van der Waals surface area contributed by atoms with E-state index in [-0.39, 0.29) is 16.8 Å². The van der Waals surface area contributed by atoms with Crippen molar-refractivity contribution < 1.29 is 17.9 Å². The van der Waals surface area contributed by atoms with E-state index in [0.717, 1.165) is 31.2 Å². The highest BCUT2D eigenvalue weighted by atomic mass is 32.2. The van der Waals surface area contributed by atoms with Crippen LogP contribution in [0.2, 0.25) is 0 Å². The maximum Gasteiger partial charge on any atom is 0.264 e. The minimum absolute atomic E-state index is 0.0998. The van der Waals surface area contributed by atoms with Crippen LogP contribution in [0.15, 0.2) is 47.4 Å². The zero-order valence-corrected chi connectivity index (χ0v) is 18.7. The minimum atomic E-state index is -3.72. The number of sulfonamides is 1. The number of nitrogens with zero attached hydrogens (tertiary/aromatic N) is 1. The predicted molar refractivity (Wildman–Crippen MR) is 119 cm³/mol. The average molecular weight is 431 g/mol. The standard InChI is InChI=1S/C23H30N2O4S/c1-17-16-18(23(26)24-19-8-6-4-5-7-9-19)10-15-22(17)25(2)30(27,28)21-13-11-20(29-3)12-14-21/h10-16,19H,4-9H2,1-3H3,(H,24,26). The zero-order valence-electron chi connectivity index (χ0n) is 17.8. The van der Waals surface area contributed by atoms with Crippen LogP contribution in [0.5, 0.6) is 5.75 Å². The number of hydrogen-bond donors (Lipinski definition) is 1. The molecule has 1 fully saturated rings. The molecule has 0 radical (unpaired) electrons. The predicted octanol–water partition coefficient (Wildman–Crippen LogP) is 4.28. The number of benzene rings is 2. The van der Waals surface area contributed by atoms with Crippen molar-refractivity contribution in [3.8, 4) is 5.75 Å². The lowest BCUT2D eigenvalue weighted by Crippen LogP contribution is -2.34. The second kappa shape index (κ2) is 9.51. The molecule has 7 heteroatoms. The molecule has 1 saturated carbocycles. The lowest BCUT2D eigenvalue weighted by Gasteiger charge is -2.22. The van der Waals surface area contributed by atoms with E-state index in [4.69, 9.17) is 4.74 Å². The van der Waals surface area contributed by atoms with E-state index in [0.29, 0.717) is 17.0 Å². The fourth-order valence-electron chi connectivity index (χ4n) is 3.88. The Hall–Kier alpha value is -2.54. The van der Waals surface area contributed by atoms with Crippen molar-refractivity contribution >= 4 is 21.6 Å². The highest BCUT2D eigenvalue weighted by Gasteiger charge is 2.23. The number of rotatable bonds is 6. The average Bonchev–Trinajstić information content (AvgIpc) is 3.01. The van der Waals surface area contributed by atoms with Gasteiger partial charge < -0.3 is 10.1 Å². The van der Waals surface area contributed by atoms with Gasteiger partial charge in [-0.25, -0.2) is 8.42 Å². The van der Waals surface area contributed by atoms with Crippen molar-refractivity contribution in [2.24, 2.45) is 0 Å². The molecule has 0 aromatic heterocycles. The zero-order chi connectivity index (χ0) is 21.7. The van der Waals surface area contributed by atoms with Gasteiger partial charge in [0.2, 0.25) is 0 Å². The molecule has 1 N–H and O–H groups in total. The second-order valence-electron chi connectivity index (χ2n) is 7.81. The van der Waals surface area contributed by atoms with E-state index in [1.807, 2.05) is 6.92 Å². The number of methoxy groups -OCH3 is 1. The quantitative estimate of drug-likeness (QED) is 0.694. The van der Waals surface area contributed by atoms with E-state index in [9.17, 15) is 13.2 Å². The normalized spacial score (nSPS) is 15.3. The van der Waals surface area contributed by atoms with Gasteiger partial charge in [0.05, 0.1) is 17.7 Å². The molecule has 30 heavy (non-hydrogen) atoms. The van der Waals surface area contributed by atoms with E-state index >= 15 is 0 Å². The van der Waals surface area contributed by atoms with Gasteiger partial charge in [-0.05, 0) is 67.8 Å². The van der Waals surface area contributed by atoms with Crippen LogP contribution in [0.3, 0.4) is 0 Å². The van der Waals surface area contributed by atoms with Gasteiger partial charge in [-0.15, -0.1) is 0 Å². The molecule has 1 amide bonds. The fraction of sp³-hybridized carbons (Fsp3) is 0.435. The molecule has 0 atom stereocenters. The first kappa shape index (κ1) is 22.2. The highest BCUT2D eigenvalue weighted by molar-refractivity contribution is 7.92. The molecule has 0 saturated heterocycles. The third kappa shape index (κ3) is 4.95. The molecule has 162 valence electrons. The number of ether oxygens (including phenoxy) is 1. The van der Waals surface area contributed by atoms with Gasteiger partial charge in [0.25, 0.3) is 15.9 Å². The van der Waals surface area contributed by atoms with Crippen LogP contribution in [0.1, 0.15) is 54.4 Å². The van der Waals surface area contributed by atoms with E-state index in [1.54, 1.807) is 30.3 Å². The number of hydrogen-bond acceptors (Lipinski definition) is 4. The van der Waals surface area contributed by atoms with E-state index in [2.05, 4.69) is 5.32 Å². The molecule has 0 spiro atoms. The van der Waals surface area contributed by atoms with E-state index < -0.39 is 10.0 Å². The number of nitrogens with one attached hydrogen (secondary N) is 1. The number of carbonyl (C=O) groups is 1. The SMILES string of the molecule is COc1ccc(S(=O)(=O)N(C)c2ccc(C(=O)NC3CCCCCC3)cc2C)cc1. The molecule has 0 bridgehead atoms. The summed E-state index contributed by atoms with van der Waals surface area (Å²) < 4.78 is 32.4. The molecule has 3 rings (SSSR count). The summed E-state index contributed by atoms with van der Waals surface area (Å²) in [5, 5.41) is 3.14. The van der Waals surface area contributed by atoms with Crippen LogP contribution in [0.4, 0.5) is 5.69 Å². The van der Waals surface area contributed by atoms with Crippen molar-refractivity contribution in [3.63, 3.8) is 0 Å². The Balaban J connectivity index is 1.77. The number of anilines is 1. The third-order valence-electron chi connectivity index (χ3n) is 5.71. The summed E-state index contributed by atoms with van der Waals surface area (Å²) in [7, 11) is -0.667. The number of carbonyl (C=O) groups excluding carboxylic acids is 1. The maximum atomic E-state index is 13.0. The van der Waals surface area contributed by atoms with Crippen LogP contribution in [-0.2, 0) is 10.0 Å². The molecule has 1 aliphatic rings. The fourth-order valence-corrected chi connectivity index (χ4v) is 5.14. The molecule has 0 unspecified atom stereocenters. The molecule has 1 aliphatic carbocycles. The molecular weight excluding hydrogens is 400 g/mol. The summed E-state index contributed by atoms with van der Waals surface area (Å²) in [4.78, 5) is 12.9. The molecule has 6 nitrogen and oxygen atoms in total. The van der Waals surface area contributed by atoms with Gasteiger partial charge in [-0.1, -0.05) is 25.7 Å². The molecular formula is C23H30N2O4S. The van der Waals surface area contributed by atoms with Crippen molar-refractivity contribution in [1.29, 1.82) is 0 Å². The van der Waals surface area contributed by atoms with Gasteiger partial charge >= 0.3 is 0 Å². The maximum absolute atomic E-state index is 13.0. The van der Waals surface area contributed by atoms with Crippen molar-refractivity contribution in [3.05, 3.63) is 53.6 Å². The van der Waals surface area contributed by atoms with Crippen molar-refractivity contribution in [2.75, 3.05) is 18.5 Å². The summed E-state index contributed by atoms with van der Waals surface area (Å²) in [6.07, 6.45) is 6.80. The Bertz CT molecular complexity index is 979. The first-order valence-corrected chi connectivity index (χ1v) is 11.8. The van der Waals surface area contributed by atoms with Crippen LogP contribution in [-0.4, -0.2) is 34.5 Å². The lowest BCUT2D eigenvalue weighted by molar-refractivity contribution is 0.0933. The summed E-state index contributed by atoms with van der Waals surface area (Å²) in [6, 6.07) is 11.6. The smallest absolute Gasteiger partial charge is 0.264 e. The van der Waals surface area contributed by atoms with Gasteiger partial charge in [0.1, 0.15) is 5.75 Å². The topological polar surface area (TPSA) is 75.7 Å². The van der Waals surface area contributed by atoms with Gasteiger partial charge in [0, 0.05) is 18.7 Å². The van der Waals surface area contributed by atoms with Gasteiger partial charge in [-0.2, -0.15) is 0 Å². The molecule has 2 aromatic rings. The largest absolute Gasteiger partial charge is 0.497 e. The Morgan fingerprint density at radius 2 is 1.67 bits per heavy atom. The molecule has 0 heterocycles. The van der Waals surface area contributed by atoms with Gasteiger partial charge in [0.15, 0.2) is 0 Å². The lowest BCUT2D eigenvalue weighted by atomic mass is 10.1. The Kier molecular flexibility index (Phi) is 7.02. The van der Waals surface area contributed by atoms with Gasteiger partial charge in [-0.3, -0.25) is 9.10 Å². The summed E-state index contributed by atoms with van der Waals surface area (Å²) in [5.41, 5.74) is 1.82. The third-order valence-corrected chi connectivity index (χ3v) is 7.49. The molecule has 2 aromatic carbocycles. The van der Waals surface area contributed by atoms with E-state index in [1.165, 1.54) is 43.4 Å². The summed E-state index contributed by atoms with van der Waals surface area (Å²) >= 11 is 0. The summed E-state index contributed by atoms with van der Waals surface area (Å²) in [5.74, 6) is 0.494. The van der Waals surface area contributed by atoms with Crippen molar-refractivity contribution in [2.45, 2.75) is 56.4 Å². The van der Waals surface area contributed by atoms with Crippen molar-refractivity contribution in [1.82, 2.24) is 5.32 Å². The van der Waals surface area contributed by atoms with Crippen LogP contribution in [0.25, 0.3) is 0 Å². The summed E-state index contributed by atoms with van der Waals surface area (Å²) in [6.45, 7) is 1.82. The first-order valence-electron chi connectivity index (χ1n) is 10.4. The first-order chi connectivity index (χ1) is 14.3. The van der Waals surface area contributed by atoms with Crippen LogP contribution < -0.4 is 14.4 Å². The van der Waals surface area contributed by atoms with Crippen LogP contribution >= 0.6 is 0 Å². The Labute approximate surface area is 179 Å². The highest BCUT2D eigenvalue weighted by Crippen LogP contribution is 2.27. The monoisotopic (exact) mass is 430 g/mol. The minimum Gasteiger partial charge on any atom is -0.497 e. The Morgan fingerprint density at radius 3 is 2.23 bits per heavy atom. The van der Waals surface area contributed by atoms with Crippen LogP contribution in [0, 0.1) is 6.92 Å².